The molecule has 0 unspecified atom stereocenters. The van der Waals surface area contributed by atoms with E-state index >= 15 is 0 Å². The molecule has 0 saturated heterocycles. The number of hydrogen-bond donors (Lipinski definition) is 0. The maximum atomic E-state index is 13.1. The first-order valence-corrected chi connectivity index (χ1v) is 9.96. The standard InChI is InChI=1S/C22H15Cl3N2O2/c23-15-10-8-14(9-11-15)13-29-26-21-16-4-1-2-7-20(16)27(22(21)28)12-17-18(24)5-3-6-19(17)25/h1-11H,12-13H2/b26-21-. The van der Waals surface area contributed by atoms with E-state index in [0.717, 1.165) is 11.3 Å². The maximum absolute atomic E-state index is 13.1. The Balaban J connectivity index is 1.60. The van der Waals surface area contributed by atoms with Gasteiger partial charge in [-0.05, 0) is 35.9 Å². The number of amides is 1. The van der Waals surface area contributed by atoms with Crippen LogP contribution in [0.25, 0.3) is 0 Å². The summed E-state index contributed by atoms with van der Waals surface area (Å²) in [4.78, 5) is 20.2. The Morgan fingerprint density at radius 2 is 1.55 bits per heavy atom. The number of nitrogens with zero attached hydrogens (tertiary/aromatic N) is 2. The number of fused-ring (bicyclic) bond motifs is 1. The van der Waals surface area contributed by atoms with Gasteiger partial charge in [-0.15, -0.1) is 0 Å². The third-order valence-electron chi connectivity index (χ3n) is 4.58. The van der Waals surface area contributed by atoms with E-state index in [9.17, 15) is 4.79 Å². The van der Waals surface area contributed by atoms with Crippen LogP contribution in [0.2, 0.25) is 15.1 Å². The summed E-state index contributed by atoms with van der Waals surface area (Å²) in [6.45, 7) is 0.469. The van der Waals surface area contributed by atoms with E-state index in [4.69, 9.17) is 39.6 Å². The second-order valence-corrected chi connectivity index (χ2v) is 7.70. The molecule has 0 N–H and O–H groups in total. The number of benzene rings is 3. The van der Waals surface area contributed by atoms with Gasteiger partial charge in [0, 0.05) is 26.2 Å². The van der Waals surface area contributed by atoms with Gasteiger partial charge in [-0.25, -0.2) is 0 Å². The van der Waals surface area contributed by atoms with E-state index in [0.29, 0.717) is 26.2 Å². The fourth-order valence-corrected chi connectivity index (χ4v) is 3.74. The fourth-order valence-electron chi connectivity index (χ4n) is 3.10. The smallest absolute Gasteiger partial charge is 0.281 e. The Hall–Kier alpha value is -2.53. The topological polar surface area (TPSA) is 41.9 Å². The number of rotatable bonds is 5. The monoisotopic (exact) mass is 444 g/mol. The molecule has 0 saturated carbocycles. The summed E-state index contributed by atoms with van der Waals surface area (Å²) in [6, 6.07) is 19.9. The van der Waals surface area contributed by atoms with Crippen molar-refractivity contribution in [3.05, 3.63) is 98.5 Å². The minimum Gasteiger partial charge on any atom is -0.390 e. The van der Waals surface area contributed by atoms with Crippen molar-refractivity contribution in [2.24, 2.45) is 5.16 Å². The average Bonchev–Trinajstić information content (AvgIpc) is 2.98. The van der Waals surface area contributed by atoms with Crippen LogP contribution in [-0.4, -0.2) is 11.6 Å². The third-order valence-corrected chi connectivity index (χ3v) is 5.54. The molecule has 4 rings (SSSR count). The largest absolute Gasteiger partial charge is 0.390 e. The summed E-state index contributed by atoms with van der Waals surface area (Å²) < 4.78 is 0. The molecule has 0 atom stereocenters. The number of para-hydroxylation sites is 1. The molecule has 0 bridgehead atoms. The first-order valence-electron chi connectivity index (χ1n) is 8.83. The first-order chi connectivity index (χ1) is 14.0. The molecule has 0 aliphatic carbocycles. The molecular formula is C22H15Cl3N2O2. The van der Waals surface area contributed by atoms with Gasteiger partial charge in [0.25, 0.3) is 5.91 Å². The zero-order valence-electron chi connectivity index (χ0n) is 15.1. The predicted octanol–water partition coefficient (Wildman–Crippen LogP) is 6.11. The molecule has 3 aromatic carbocycles. The van der Waals surface area contributed by atoms with E-state index in [1.807, 2.05) is 36.4 Å². The van der Waals surface area contributed by atoms with Gasteiger partial charge in [-0.1, -0.05) is 76.4 Å². The van der Waals surface area contributed by atoms with Crippen LogP contribution in [-0.2, 0) is 22.8 Å². The van der Waals surface area contributed by atoms with Crippen LogP contribution in [0.3, 0.4) is 0 Å². The Labute approximate surface area is 183 Å². The highest BCUT2D eigenvalue weighted by atomic mass is 35.5. The molecule has 7 heteroatoms. The van der Waals surface area contributed by atoms with Crippen molar-refractivity contribution < 1.29 is 9.63 Å². The Kier molecular flexibility index (Phi) is 5.76. The SMILES string of the molecule is O=C1/C(=N\OCc2ccc(Cl)cc2)c2ccccc2N1Cc1c(Cl)cccc1Cl. The molecule has 0 aromatic heterocycles. The zero-order chi connectivity index (χ0) is 20.4. The van der Waals surface area contributed by atoms with Gasteiger partial charge in [0.2, 0.25) is 0 Å². The van der Waals surface area contributed by atoms with Crippen molar-refractivity contribution in [3.63, 3.8) is 0 Å². The molecular weight excluding hydrogens is 431 g/mol. The highest BCUT2D eigenvalue weighted by Crippen LogP contribution is 2.34. The van der Waals surface area contributed by atoms with Crippen molar-refractivity contribution >= 4 is 52.1 Å². The summed E-state index contributed by atoms with van der Waals surface area (Å²) in [5.41, 5.74) is 3.27. The third kappa shape index (κ3) is 4.10. The zero-order valence-corrected chi connectivity index (χ0v) is 17.4. The molecule has 1 aliphatic rings. The Morgan fingerprint density at radius 3 is 2.28 bits per heavy atom. The quantitative estimate of drug-likeness (QED) is 0.444. The van der Waals surface area contributed by atoms with E-state index in [1.54, 1.807) is 35.2 Å². The molecule has 0 radical (unpaired) electrons. The summed E-state index contributed by atoms with van der Waals surface area (Å²) >= 11 is 18.5. The lowest BCUT2D eigenvalue weighted by Gasteiger charge is -2.18. The second-order valence-electron chi connectivity index (χ2n) is 6.45. The van der Waals surface area contributed by atoms with Crippen LogP contribution in [0, 0.1) is 0 Å². The van der Waals surface area contributed by atoms with Crippen molar-refractivity contribution in [2.45, 2.75) is 13.2 Å². The van der Waals surface area contributed by atoms with Gasteiger partial charge < -0.3 is 9.74 Å². The van der Waals surface area contributed by atoms with Crippen molar-refractivity contribution in [2.75, 3.05) is 4.90 Å². The molecule has 4 nitrogen and oxygen atoms in total. The molecule has 3 aromatic rings. The van der Waals surface area contributed by atoms with Gasteiger partial charge >= 0.3 is 0 Å². The number of halogens is 3. The summed E-state index contributed by atoms with van der Waals surface area (Å²) in [6.07, 6.45) is 0. The van der Waals surface area contributed by atoms with Crippen molar-refractivity contribution in [1.82, 2.24) is 0 Å². The Bertz CT molecular complexity index is 1080. The highest BCUT2D eigenvalue weighted by Gasteiger charge is 2.35. The van der Waals surface area contributed by atoms with E-state index in [1.165, 1.54) is 0 Å². The van der Waals surface area contributed by atoms with Gasteiger partial charge in [0.15, 0.2) is 5.71 Å². The number of hydrogen-bond acceptors (Lipinski definition) is 3. The fraction of sp³-hybridized carbons (Fsp3) is 0.0909. The van der Waals surface area contributed by atoms with Crippen molar-refractivity contribution in [1.29, 1.82) is 0 Å². The lowest BCUT2D eigenvalue weighted by molar-refractivity contribution is -0.112. The van der Waals surface area contributed by atoms with Crippen LogP contribution in [0.1, 0.15) is 16.7 Å². The minimum atomic E-state index is -0.265. The summed E-state index contributed by atoms with van der Waals surface area (Å²) in [5.74, 6) is -0.265. The molecule has 146 valence electrons. The molecule has 0 spiro atoms. The van der Waals surface area contributed by atoms with Gasteiger partial charge in [-0.2, -0.15) is 0 Å². The first kappa shape index (κ1) is 19.8. The lowest BCUT2D eigenvalue weighted by Crippen LogP contribution is -2.30. The minimum absolute atomic E-state index is 0.229. The van der Waals surface area contributed by atoms with Crippen LogP contribution in [0.5, 0.6) is 0 Å². The average molecular weight is 446 g/mol. The van der Waals surface area contributed by atoms with Crippen LogP contribution < -0.4 is 4.90 Å². The molecule has 1 heterocycles. The lowest BCUT2D eigenvalue weighted by atomic mass is 10.1. The van der Waals surface area contributed by atoms with E-state index in [-0.39, 0.29) is 24.8 Å². The summed E-state index contributed by atoms with van der Waals surface area (Å²) in [7, 11) is 0. The maximum Gasteiger partial charge on any atom is 0.281 e. The van der Waals surface area contributed by atoms with E-state index in [2.05, 4.69) is 5.16 Å². The normalized spacial score (nSPS) is 14.4. The van der Waals surface area contributed by atoms with Crippen LogP contribution in [0.4, 0.5) is 5.69 Å². The van der Waals surface area contributed by atoms with Crippen molar-refractivity contribution in [3.8, 4) is 0 Å². The van der Waals surface area contributed by atoms with Gasteiger partial charge in [0.1, 0.15) is 6.61 Å². The van der Waals surface area contributed by atoms with E-state index < -0.39 is 0 Å². The molecule has 0 fully saturated rings. The molecule has 1 amide bonds. The van der Waals surface area contributed by atoms with Gasteiger partial charge in [-0.3, -0.25) is 4.79 Å². The highest BCUT2D eigenvalue weighted by molar-refractivity contribution is 6.54. The number of carbonyl (C=O) groups excluding carboxylic acids is 1. The second kappa shape index (κ2) is 8.46. The predicted molar refractivity (Wildman–Crippen MR) is 117 cm³/mol. The number of carbonyl (C=O) groups is 1. The van der Waals surface area contributed by atoms with Crippen LogP contribution >= 0.6 is 34.8 Å². The number of oxime groups is 1. The number of anilines is 1. The summed E-state index contributed by atoms with van der Waals surface area (Å²) in [5, 5.41) is 5.79. The molecule has 29 heavy (non-hydrogen) atoms. The Morgan fingerprint density at radius 1 is 0.862 bits per heavy atom. The van der Waals surface area contributed by atoms with Crippen LogP contribution in [0.15, 0.2) is 71.9 Å². The molecule has 1 aliphatic heterocycles. The van der Waals surface area contributed by atoms with Gasteiger partial charge in [0.05, 0.1) is 12.2 Å².